The first-order chi connectivity index (χ1) is 18.6. The highest BCUT2D eigenvalue weighted by Gasteiger charge is 2.39. The third-order valence-electron chi connectivity index (χ3n) is 6.83. The van der Waals surface area contributed by atoms with E-state index in [1.807, 2.05) is 44.2 Å². The minimum absolute atomic E-state index is 0.0127. The maximum atomic E-state index is 13.1. The number of rotatable bonds is 5. The summed E-state index contributed by atoms with van der Waals surface area (Å²) in [5.41, 5.74) is 7.93. The zero-order chi connectivity index (χ0) is 28.6. The van der Waals surface area contributed by atoms with Crippen LogP contribution in [-0.2, 0) is 4.74 Å². The van der Waals surface area contributed by atoms with Gasteiger partial charge in [-0.1, -0.05) is 38.1 Å². The predicted molar refractivity (Wildman–Crippen MR) is 142 cm³/mol. The van der Waals surface area contributed by atoms with Crippen LogP contribution in [0, 0.1) is 34.0 Å². The van der Waals surface area contributed by atoms with E-state index in [1.54, 1.807) is 19.1 Å². The number of hydrogen-bond donors (Lipinski definition) is 1. The zero-order valence-electron chi connectivity index (χ0n) is 21.7. The molecule has 0 spiro atoms. The molecule has 1 aromatic carbocycles. The van der Waals surface area contributed by atoms with Crippen molar-refractivity contribution in [1.82, 2.24) is 4.90 Å². The number of nitriles is 3. The van der Waals surface area contributed by atoms with Crippen molar-refractivity contribution >= 4 is 29.0 Å². The number of fused-ring (bicyclic) bond motifs is 2. The van der Waals surface area contributed by atoms with Crippen LogP contribution in [0.5, 0.6) is 0 Å². The number of nitrogen functional groups attached to an aromatic ring is 1. The van der Waals surface area contributed by atoms with E-state index in [4.69, 9.17) is 10.5 Å². The van der Waals surface area contributed by atoms with E-state index in [9.17, 15) is 30.2 Å². The third kappa shape index (κ3) is 4.05. The fraction of sp³-hybridized carbons (Fsp3) is 0.200. The Bertz CT molecular complexity index is 1700. The molecule has 9 nitrogen and oxygen atoms in total. The minimum atomic E-state index is -0.629. The van der Waals surface area contributed by atoms with Crippen LogP contribution in [0.3, 0.4) is 0 Å². The lowest BCUT2D eigenvalue weighted by molar-refractivity contribution is 0.0600. The van der Waals surface area contributed by atoms with Gasteiger partial charge in [0.15, 0.2) is 0 Å². The molecule has 0 atom stereocenters. The number of carbonyl (C=O) groups is 3. The van der Waals surface area contributed by atoms with Crippen LogP contribution in [-0.4, -0.2) is 36.3 Å². The predicted octanol–water partition coefficient (Wildman–Crippen LogP) is 4.62. The van der Waals surface area contributed by atoms with Crippen LogP contribution in [0.25, 0.3) is 16.7 Å². The normalized spacial score (nSPS) is 12.1. The van der Waals surface area contributed by atoms with Gasteiger partial charge in [0.2, 0.25) is 0 Å². The molecule has 0 aromatic heterocycles. The Kier molecular flexibility index (Phi) is 6.91. The summed E-state index contributed by atoms with van der Waals surface area (Å²) >= 11 is 0. The van der Waals surface area contributed by atoms with Crippen LogP contribution in [0.1, 0.15) is 80.0 Å². The number of nitrogens with zero attached hydrogens (tertiary/aromatic N) is 4. The van der Waals surface area contributed by atoms with E-state index in [1.165, 1.54) is 19.2 Å². The minimum Gasteiger partial charge on any atom is -0.465 e. The molecule has 0 fully saturated rings. The van der Waals surface area contributed by atoms with Crippen molar-refractivity contribution in [2.45, 2.75) is 26.7 Å². The largest absolute Gasteiger partial charge is 0.465 e. The number of carbonyl (C=O) groups excluding carboxylic acids is 3. The lowest BCUT2D eigenvalue weighted by Crippen LogP contribution is -2.29. The molecule has 2 aliphatic carbocycles. The number of imide groups is 1. The summed E-state index contributed by atoms with van der Waals surface area (Å²) in [5.74, 6) is -1.72. The van der Waals surface area contributed by atoms with E-state index >= 15 is 0 Å². The van der Waals surface area contributed by atoms with Crippen LogP contribution < -0.4 is 5.73 Å². The molecule has 0 radical (unpaired) electrons. The van der Waals surface area contributed by atoms with Crippen LogP contribution in [0.15, 0.2) is 42.0 Å². The highest BCUT2D eigenvalue weighted by atomic mass is 16.5. The molecule has 4 rings (SSSR count). The SMILES string of the molecule is CCN1C(=O)c2cc(C(=C(C#N)C#N)c3cc(C(=O)OC)c4cc(C(C)C)cccc3-4)c(C#N)c(N)c2C1=O. The van der Waals surface area contributed by atoms with Crippen molar-refractivity contribution in [2.75, 3.05) is 19.4 Å². The van der Waals surface area contributed by atoms with E-state index < -0.39 is 17.8 Å². The molecule has 9 heteroatoms. The Labute approximate surface area is 225 Å². The lowest BCUT2D eigenvalue weighted by atomic mass is 9.86. The molecule has 39 heavy (non-hydrogen) atoms. The first kappa shape index (κ1) is 26.6. The molecule has 0 saturated heterocycles. The third-order valence-corrected chi connectivity index (χ3v) is 6.83. The first-order valence-electron chi connectivity index (χ1n) is 12.1. The second-order valence-corrected chi connectivity index (χ2v) is 9.19. The van der Waals surface area contributed by atoms with Crippen LogP contribution >= 0.6 is 0 Å². The Morgan fingerprint density at radius 2 is 1.67 bits per heavy atom. The lowest BCUT2D eigenvalue weighted by Gasteiger charge is -2.14. The summed E-state index contributed by atoms with van der Waals surface area (Å²) in [6.07, 6.45) is 0. The van der Waals surface area contributed by atoms with Gasteiger partial charge in [0.05, 0.1) is 35.1 Å². The van der Waals surface area contributed by atoms with Gasteiger partial charge < -0.3 is 10.5 Å². The number of esters is 1. The van der Waals surface area contributed by atoms with Gasteiger partial charge >= 0.3 is 5.97 Å². The van der Waals surface area contributed by atoms with Gasteiger partial charge in [-0.15, -0.1) is 0 Å². The van der Waals surface area contributed by atoms with Gasteiger partial charge in [-0.25, -0.2) is 4.79 Å². The maximum Gasteiger partial charge on any atom is 0.338 e. The molecule has 2 N–H and O–H groups in total. The Morgan fingerprint density at radius 3 is 2.23 bits per heavy atom. The topological polar surface area (TPSA) is 161 Å². The molecule has 0 bridgehead atoms. The fourth-order valence-corrected chi connectivity index (χ4v) is 4.87. The van der Waals surface area contributed by atoms with E-state index in [-0.39, 0.29) is 57.1 Å². The first-order valence-corrected chi connectivity index (χ1v) is 12.1. The molecule has 0 unspecified atom stereocenters. The highest BCUT2D eigenvalue weighted by molar-refractivity contribution is 6.24. The maximum absolute atomic E-state index is 13.1. The smallest absolute Gasteiger partial charge is 0.338 e. The average Bonchev–Trinajstić information content (AvgIpc) is 3.27. The molecule has 2 amide bonds. The number of ether oxygens (including phenoxy) is 1. The van der Waals surface area contributed by atoms with Gasteiger partial charge in [-0.05, 0) is 47.2 Å². The molecular weight excluding hydrogens is 494 g/mol. The summed E-state index contributed by atoms with van der Waals surface area (Å²) in [4.78, 5) is 39.8. The Hall–Kier alpha value is -5.46. The van der Waals surface area contributed by atoms with Gasteiger partial charge in [-0.2, -0.15) is 15.8 Å². The van der Waals surface area contributed by atoms with E-state index in [2.05, 4.69) is 0 Å². The number of methoxy groups -OCH3 is 1. The van der Waals surface area contributed by atoms with Crippen molar-refractivity contribution in [3.05, 3.63) is 80.9 Å². The van der Waals surface area contributed by atoms with Crippen molar-refractivity contribution < 1.29 is 19.1 Å². The number of hydrogen-bond acceptors (Lipinski definition) is 8. The molecular formula is C30H23N5O4. The second-order valence-electron chi connectivity index (χ2n) is 9.19. The molecule has 1 aliphatic heterocycles. The number of anilines is 1. The quantitative estimate of drug-likeness (QED) is 0.222. The van der Waals surface area contributed by atoms with E-state index in [0.717, 1.165) is 10.5 Å². The number of nitrogens with two attached hydrogens (primary N) is 1. The molecule has 1 heterocycles. The monoisotopic (exact) mass is 517 g/mol. The number of amides is 2. The Balaban J connectivity index is 2.16. The summed E-state index contributed by atoms with van der Waals surface area (Å²) in [6.45, 7) is 5.73. The van der Waals surface area contributed by atoms with Gasteiger partial charge in [0, 0.05) is 17.7 Å². The van der Waals surface area contributed by atoms with Gasteiger partial charge in [0.25, 0.3) is 11.8 Å². The van der Waals surface area contributed by atoms with Crippen molar-refractivity contribution in [3.8, 4) is 29.3 Å². The Morgan fingerprint density at radius 1 is 0.974 bits per heavy atom. The summed E-state index contributed by atoms with van der Waals surface area (Å²) in [6, 6.07) is 15.8. The molecule has 3 aliphatic rings. The summed E-state index contributed by atoms with van der Waals surface area (Å²) < 4.78 is 5.02. The van der Waals surface area contributed by atoms with Crippen molar-refractivity contribution in [3.63, 3.8) is 0 Å². The molecule has 192 valence electrons. The van der Waals surface area contributed by atoms with Gasteiger partial charge in [-0.3, -0.25) is 14.5 Å². The highest BCUT2D eigenvalue weighted by Crippen LogP contribution is 2.44. The second kappa shape index (κ2) is 10.1. The molecule has 0 saturated carbocycles. The number of benzene rings is 1. The molecule has 1 aromatic rings. The fourth-order valence-electron chi connectivity index (χ4n) is 4.87. The van der Waals surface area contributed by atoms with Crippen molar-refractivity contribution in [1.29, 1.82) is 15.8 Å². The summed E-state index contributed by atoms with van der Waals surface area (Å²) in [7, 11) is 1.25. The van der Waals surface area contributed by atoms with Crippen LogP contribution in [0.2, 0.25) is 0 Å². The van der Waals surface area contributed by atoms with E-state index in [0.29, 0.717) is 16.7 Å². The van der Waals surface area contributed by atoms with Gasteiger partial charge in [0.1, 0.15) is 23.8 Å². The average molecular weight is 518 g/mol. The van der Waals surface area contributed by atoms with Crippen molar-refractivity contribution in [2.24, 2.45) is 0 Å². The standard InChI is InChI=1S/C30H23N5O4/c1-5-35-28(36)23-11-21(24(14-33)27(34)26(23)29(35)37)25(17(12-31)13-32)20-10-22(30(38)39-4)19-9-16(15(2)3)7-6-8-18(19)20/h6-11,15H,5,34H2,1-4H3. The summed E-state index contributed by atoms with van der Waals surface area (Å²) in [5, 5.41) is 30.0. The number of allylic oxidation sites excluding steroid dienone is 1. The van der Waals surface area contributed by atoms with Crippen LogP contribution in [0.4, 0.5) is 5.69 Å². The zero-order valence-corrected chi connectivity index (χ0v) is 21.7.